The van der Waals surface area contributed by atoms with E-state index in [-0.39, 0.29) is 6.10 Å². The molecule has 1 atom stereocenters. The quantitative estimate of drug-likeness (QED) is 0.805. The van der Waals surface area contributed by atoms with Crippen LogP contribution in [0.4, 0.5) is 0 Å². The molecule has 0 aromatic carbocycles. The average Bonchev–Trinajstić information content (AvgIpc) is 2.46. The molecule has 1 rings (SSSR count). The molecule has 1 aromatic heterocycles. The van der Waals surface area contributed by atoms with Gasteiger partial charge >= 0.3 is 0 Å². The Bertz CT molecular complexity index is 333. The summed E-state index contributed by atoms with van der Waals surface area (Å²) >= 11 is 0. The molecule has 0 aliphatic carbocycles. The molecule has 0 aliphatic heterocycles. The minimum atomic E-state index is -0.317. The van der Waals surface area contributed by atoms with E-state index in [0.717, 1.165) is 11.6 Å². The third-order valence-electron chi connectivity index (χ3n) is 2.50. The Labute approximate surface area is 97.1 Å². The van der Waals surface area contributed by atoms with Gasteiger partial charge in [-0.05, 0) is 14.0 Å². The summed E-state index contributed by atoms with van der Waals surface area (Å²) in [6.07, 6.45) is -0.317. The minimum absolute atomic E-state index is 0.317. The molecule has 1 heterocycles. The van der Waals surface area contributed by atoms with Gasteiger partial charge < -0.3 is 9.67 Å². The molecule has 0 fully saturated rings. The number of aliphatic hydroxyl groups is 1. The van der Waals surface area contributed by atoms with E-state index in [1.54, 1.807) is 6.92 Å². The highest BCUT2D eigenvalue weighted by atomic mass is 16.3. The van der Waals surface area contributed by atoms with Crippen molar-refractivity contribution in [1.29, 1.82) is 0 Å². The first kappa shape index (κ1) is 13.1. The molecular formula is C11H22N4O. The topological polar surface area (TPSA) is 54.2 Å². The first-order chi connectivity index (χ1) is 7.41. The fourth-order valence-corrected chi connectivity index (χ4v) is 1.77. The van der Waals surface area contributed by atoms with Crippen molar-refractivity contribution in [3.05, 3.63) is 11.6 Å². The highest BCUT2D eigenvalue weighted by Gasteiger charge is 2.13. The lowest BCUT2D eigenvalue weighted by Gasteiger charge is -2.17. The SMILES string of the molecule is CC(O)CN(C)Cc1nnc(C(C)C)n1C. The van der Waals surface area contributed by atoms with Crippen LogP contribution in [0.3, 0.4) is 0 Å². The molecule has 0 amide bonds. The molecule has 16 heavy (non-hydrogen) atoms. The summed E-state index contributed by atoms with van der Waals surface area (Å²) in [6.45, 7) is 7.35. The largest absolute Gasteiger partial charge is 0.392 e. The van der Waals surface area contributed by atoms with Gasteiger partial charge in [-0.15, -0.1) is 10.2 Å². The van der Waals surface area contributed by atoms with Crippen molar-refractivity contribution in [2.24, 2.45) is 7.05 Å². The van der Waals surface area contributed by atoms with Crippen LogP contribution in [-0.4, -0.2) is 44.5 Å². The first-order valence-corrected chi connectivity index (χ1v) is 5.66. The smallest absolute Gasteiger partial charge is 0.146 e. The zero-order chi connectivity index (χ0) is 12.3. The van der Waals surface area contributed by atoms with Crippen molar-refractivity contribution in [2.45, 2.75) is 39.3 Å². The maximum atomic E-state index is 9.28. The number of hydrogen-bond acceptors (Lipinski definition) is 4. The molecule has 0 spiro atoms. The Kier molecular flexibility index (Phi) is 4.44. The predicted octanol–water partition coefficient (Wildman–Crippen LogP) is 0.751. The van der Waals surface area contributed by atoms with E-state index in [2.05, 4.69) is 24.0 Å². The number of hydrogen-bond donors (Lipinski definition) is 1. The highest BCUT2D eigenvalue weighted by Crippen LogP contribution is 2.12. The maximum Gasteiger partial charge on any atom is 0.146 e. The van der Waals surface area contributed by atoms with Crippen LogP contribution in [0.15, 0.2) is 0 Å². The molecule has 1 aromatic rings. The molecular weight excluding hydrogens is 204 g/mol. The third-order valence-corrected chi connectivity index (χ3v) is 2.50. The minimum Gasteiger partial charge on any atom is -0.392 e. The van der Waals surface area contributed by atoms with E-state index in [1.807, 2.05) is 23.6 Å². The zero-order valence-electron chi connectivity index (χ0n) is 10.8. The van der Waals surface area contributed by atoms with Gasteiger partial charge in [0.25, 0.3) is 0 Å². The van der Waals surface area contributed by atoms with Gasteiger partial charge in [0.2, 0.25) is 0 Å². The molecule has 0 aliphatic rings. The first-order valence-electron chi connectivity index (χ1n) is 5.66. The summed E-state index contributed by atoms with van der Waals surface area (Å²) in [4.78, 5) is 2.04. The van der Waals surface area contributed by atoms with Gasteiger partial charge in [0.1, 0.15) is 11.6 Å². The van der Waals surface area contributed by atoms with Crippen LogP contribution >= 0.6 is 0 Å². The van der Waals surface area contributed by atoms with Crippen molar-refractivity contribution in [1.82, 2.24) is 19.7 Å². The average molecular weight is 226 g/mol. The number of nitrogens with zero attached hydrogens (tertiary/aromatic N) is 4. The lowest BCUT2D eigenvalue weighted by atomic mass is 10.2. The molecule has 5 heteroatoms. The highest BCUT2D eigenvalue weighted by molar-refractivity contribution is 4.98. The van der Waals surface area contributed by atoms with Crippen molar-refractivity contribution in [2.75, 3.05) is 13.6 Å². The number of aromatic nitrogens is 3. The predicted molar refractivity (Wildman–Crippen MR) is 63.1 cm³/mol. The van der Waals surface area contributed by atoms with Crippen LogP contribution < -0.4 is 0 Å². The van der Waals surface area contributed by atoms with E-state index in [0.29, 0.717) is 19.0 Å². The van der Waals surface area contributed by atoms with Gasteiger partial charge in [0, 0.05) is 19.5 Å². The monoisotopic (exact) mass is 226 g/mol. The lowest BCUT2D eigenvalue weighted by molar-refractivity contribution is 0.136. The van der Waals surface area contributed by atoms with E-state index in [4.69, 9.17) is 0 Å². The second-order valence-electron chi connectivity index (χ2n) is 4.73. The molecule has 92 valence electrons. The van der Waals surface area contributed by atoms with Crippen molar-refractivity contribution < 1.29 is 5.11 Å². The Hall–Kier alpha value is -0.940. The normalized spacial score (nSPS) is 13.8. The van der Waals surface area contributed by atoms with Crippen molar-refractivity contribution in [3.8, 4) is 0 Å². The third kappa shape index (κ3) is 3.28. The summed E-state index contributed by atoms with van der Waals surface area (Å²) in [6, 6.07) is 0. The Morgan fingerprint density at radius 3 is 2.38 bits per heavy atom. The van der Waals surface area contributed by atoms with Crippen molar-refractivity contribution in [3.63, 3.8) is 0 Å². The van der Waals surface area contributed by atoms with Gasteiger partial charge in [0.15, 0.2) is 0 Å². The lowest BCUT2D eigenvalue weighted by Crippen LogP contribution is -2.28. The van der Waals surface area contributed by atoms with Gasteiger partial charge in [-0.1, -0.05) is 13.8 Å². The molecule has 1 unspecified atom stereocenters. The fourth-order valence-electron chi connectivity index (χ4n) is 1.77. The molecule has 0 saturated heterocycles. The Balaban J connectivity index is 2.67. The van der Waals surface area contributed by atoms with Gasteiger partial charge in [-0.25, -0.2) is 0 Å². The summed E-state index contributed by atoms with van der Waals surface area (Å²) in [5, 5.41) is 17.6. The molecule has 5 nitrogen and oxygen atoms in total. The van der Waals surface area contributed by atoms with Crippen molar-refractivity contribution >= 4 is 0 Å². The number of aliphatic hydroxyl groups excluding tert-OH is 1. The van der Waals surface area contributed by atoms with Crippen LogP contribution in [-0.2, 0) is 13.6 Å². The second-order valence-corrected chi connectivity index (χ2v) is 4.73. The molecule has 0 saturated carbocycles. The molecule has 1 N–H and O–H groups in total. The van der Waals surface area contributed by atoms with E-state index in [1.165, 1.54) is 0 Å². The standard InChI is InChI=1S/C11H22N4O/c1-8(2)11-13-12-10(15(11)5)7-14(4)6-9(3)16/h8-9,16H,6-7H2,1-5H3. The van der Waals surface area contributed by atoms with Crippen LogP contribution in [0.2, 0.25) is 0 Å². The summed E-state index contributed by atoms with van der Waals surface area (Å²) < 4.78 is 2.03. The Morgan fingerprint density at radius 1 is 1.31 bits per heavy atom. The van der Waals surface area contributed by atoms with E-state index < -0.39 is 0 Å². The van der Waals surface area contributed by atoms with Gasteiger partial charge in [-0.3, -0.25) is 4.90 Å². The van der Waals surface area contributed by atoms with Gasteiger partial charge in [0.05, 0.1) is 12.6 Å². The number of likely N-dealkylation sites (N-methyl/N-ethyl adjacent to an activating group) is 1. The summed E-state index contributed by atoms with van der Waals surface area (Å²) in [7, 11) is 3.96. The summed E-state index contributed by atoms with van der Waals surface area (Å²) in [5.74, 6) is 2.32. The van der Waals surface area contributed by atoms with E-state index in [9.17, 15) is 5.11 Å². The fraction of sp³-hybridized carbons (Fsp3) is 0.818. The number of rotatable bonds is 5. The van der Waals surface area contributed by atoms with E-state index >= 15 is 0 Å². The van der Waals surface area contributed by atoms with Crippen LogP contribution in [0, 0.1) is 0 Å². The van der Waals surface area contributed by atoms with Crippen LogP contribution in [0.5, 0.6) is 0 Å². The summed E-state index contributed by atoms with van der Waals surface area (Å²) in [5.41, 5.74) is 0. The maximum absolute atomic E-state index is 9.28. The Morgan fingerprint density at radius 2 is 1.94 bits per heavy atom. The molecule has 0 radical (unpaired) electrons. The van der Waals surface area contributed by atoms with Crippen LogP contribution in [0.1, 0.15) is 38.3 Å². The van der Waals surface area contributed by atoms with Crippen LogP contribution in [0.25, 0.3) is 0 Å². The molecule has 0 bridgehead atoms. The zero-order valence-corrected chi connectivity index (χ0v) is 10.8. The van der Waals surface area contributed by atoms with Gasteiger partial charge in [-0.2, -0.15) is 0 Å². The second kappa shape index (κ2) is 5.41.